The minimum atomic E-state index is -0.453. The number of hydrogen-bond acceptors (Lipinski definition) is 6. The van der Waals surface area contributed by atoms with Gasteiger partial charge in [-0.25, -0.2) is 4.79 Å². The molecule has 2 heterocycles. The fourth-order valence-electron chi connectivity index (χ4n) is 2.89. The summed E-state index contributed by atoms with van der Waals surface area (Å²) in [5.41, 5.74) is 0. The zero-order valence-corrected chi connectivity index (χ0v) is 17.0. The number of carbonyl (C=O) groups excluding carboxylic acids is 2. The summed E-state index contributed by atoms with van der Waals surface area (Å²) in [5, 5.41) is 0.142. The molecular weight excluding hydrogens is 368 g/mol. The average Bonchev–Trinajstić information content (AvgIpc) is 2.71. The SMILES string of the molecule is C=CCSCCC1(C)S[C@@H]2CC(=O)N2[C@H]1C(=O)OCCN(C)C.Cl. The molecular formula is C16H27ClN2O3S2. The van der Waals surface area contributed by atoms with Gasteiger partial charge in [-0.05, 0) is 33.2 Å². The molecule has 8 heteroatoms. The highest BCUT2D eigenvalue weighted by molar-refractivity contribution is 8.02. The summed E-state index contributed by atoms with van der Waals surface area (Å²) in [6.07, 6.45) is 3.31. The molecule has 1 amide bonds. The zero-order valence-electron chi connectivity index (χ0n) is 14.5. The quantitative estimate of drug-likeness (QED) is 0.259. The molecule has 3 atom stereocenters. The largest absolute Gasteiger partial charge is 0.463 e. The molecule has 0 aromatic heterocycles. The molecule has 0 aromatic rings. The molecule has 0 aromatic carbocycles. The van der Waals surface area contributed by atoms with Crippen LogP contribution in [0, 0.1) is 0 Å². The number of carbonyl (C=O) groups is 2. The van der Waals surface area contributed by atoms with Crippen molar-refractivity contribution in [1.29, 1.82) is 0 Å². The topological polar surface area (TPSA) is 49.9 Å². The van der Waals surface area contributed by atoms with Crippen LogP contribution in [-0.4, -0.2) is 76.6 Å². The number of likely N-dealkylation sites (N-methyl/N-ethyl adjacent to an activating group) is 1. The van der Waals surface area contributed by atoms with Gasteiger partial charge in [-0.1, -0.05) is 6.08 Å². The van der Waals surface area contributed by atoms with Crippen molar-refractivity contribution in [3.63, 3.8) is 0 Å². The van der Waals surface area contributed by atoms with Crippen molar-refractivity contribution in [3.8, 4) is 0 Å². The van der Waals surface area contributed by atoms with E-state index in [0.717, 1.165) is 17.9 Å². The lowest BCUT2D eigenvalue weighted by Gasteiger charge is -2.37. The molecule has 0 radical (unpaired) electrons. The zero-order chi connectivity index (χ0) is 17.0. The molecule has 2 fully saturated rings. The van der Waals surface area contributed by atoms with E-state index in [9.17, 15) is 9.59 Å². The predicted octanol–water partition coefficient (Wildman–Crippen LogP) is 2.25. The van der Waals surface area contributed by atoms with Gasteiger partial charge in [0, 0.05) is 17.0 Å². The molecule has 0 saturated carbocycles. The Morgan fingerprint density at radius 3 is 2.88 bits per heavy atom. The van der Waals surface area contributed by atoms with Gasteiger partial charge in [0.2, 0.25) is 5.91 Å². The minimum Gasteiger partial charge on any atom is -0.463 e. The van der Waals surface area contributed by atoms with Crippen LogP contribution in [0.1, 0.15) is 19.8 Å². The molecule has 2 saturated heterocycles. The Morgan fingerprint density at radius 2 is 2.29 bits per heavy atom. The van der Waals surface area contributed by atoms with Crippen LogP contribution in [-0.2, 0) is 14.3 Å². The van der Waals surface area contributed by atoms with Crippen LogP contribution in [0.2, 0.25) is 0 Å². The van der Waals surface area contributed by atoms with Crippen LogP contribution in [0.15, 0.2) is 12.7 Å². The van der Waals surface area contributed by atoms with E-state index in [1.807, 2.05) is 25.1 Å². The first-order chi connectivity index (χ1) is 10.9. The summed E-state index contributed by atoms with van der Waals surface area (Å²) >= 11 is 3.56. The van der Waals surface area contributed by atoms with Gasteiger partial charge in [-0.3, -0.25) is 4.79 Å². The molecule has 2 aliphatic heterocycles. The predicted molar refractivity (Wildman–Crippen MR) is 104 cm³/mol. The summed E-state index contributed by atoms with van der Waals surface area (Å²) < 4.78 is 5.19. The molecule has 2 rings (SSSR count). The number of rotatable bonds is 9. The highest BCUT2D eigenvalue weighted by Crippen LogP contribution is 2.53. The van der Waals surface area contributed by atoms with Gasteiger partial charge >= 0.3 is 5.97 Å². The molecule has 0 N–H and O–H groups in total. The number of halogens is 1. The third-order valence-electron chi connectivity index (χ3n) is 4.19. The summed E-state index contributed by atoms with van der Waals surface area (Å²) in [7, 11) is 3.88. The van der Waals surface area contributed by atoms with E-state index in [0.29, 0.717) is 19.6 Å². The van der Waals surface area contributed by atoms with E-state index in [4.69, 9.17) is 4.74 Å². The first kappa shape index (κ1) is 21.7. The second kappa shape index (κ2) is 9.36. The third-order valence-corrected chi connectivity index (χ3v) is 6.79. The molecule has 0 bridgehead atoms. The maximum absolute atomic E-state index is 12.6. The normalized spacial score (nSPS) is 28.2. The van der Waals surface area contributed by atoms with Crippen molar-refractivity contribution >= 4 is 47.8 Å². The molecule has 2 aliphatic rings. The van der Waals surface area contributed by atoms with E-state index in [2.05, 4.69) is 13.5 Å². The Bertz CT molecular complexity index is 478. The third kappa shape index (κ3) is 4.84. The van der Waals surface area contributed by atoms with E-state index < -0.39 is 6.04 Å². The van der Waals surface area contributed by atoms with Crippen LogP contribution in [0.25, 0.3) is 0 Å². The Labute approximate surface area is 159 Å². The fourth-order valence-corrected chi connectivity index (χ4v) is 5.68. The number of β-lactam (4-membered cyclic amide) rings is 1. The molecule has 24 heavy (non-hydrogen) atoms. The lowest BCUT2D eigenvalue weighted by molar-refractivity contribution is -0.161. The standard InChI is InChI=1S/C16H26N2O3S2.ClH/c1-5-9-22-10-6-16(2)14(15(20)21-8-7-17(3)4)18-12(19)11-13(18)23-16;/h5,13-14H,1,6-11H2,2-4H3;1H/t13-,14+,16?;/m1./s1. The number of nitrogens with zero attached hydrogens (tertiary/aromatic N) is 2. The van der Waals surface area contributed by atoms with Crippen LogP contribution in [0.4, 0.5) is 0 Å². The van der Waals surface area contributed by atoms with E-state index in [1.165, 1.54) is 0 Å². The van der Waals surface area contributed by atoms with Crippen molar-refractivity contribution in [2.45, 2.75) is 35.9 Å². The summed E-state index contributed by atoms with van der Waals surface area (Å²) in [6, 6.07) is -0.453. The second-order valence-electron chi connectivity index (χ2n) is 6.38. The summed E-state index contributed by atoms with van der Waals surface area (Å²) in [4.78, 5) is 28.3. The molecule has 138 valence electrons. The fraction of sp³-hybridized carbons (Fsp3) is 0.750. The lowest BCUT2D eigenvalue weighted by Crippen LogP contribution is -2.58. The maximum atomic E-state index is 12.6. The van der Waals surface area contributed by atoms with Gasteiger partial charge in [0.05, 0.1) is 11.8 Å². The van der Waals surface area contributed by atoms with Crippen molar-refractivity contribution in [3.05, 3.63) is 12.7 Å². The minimum absolute atomic E-state index is 0. The lowest BCUT2D eigenvalue weighted by atomic mass is 9.94. The van der Waals surface area contributed by atoms with Gasteiger partial charge in [0.1, 0.15) is 12.6 Å². The van der Waals surface area contributed by atoms with E-state index >= 15 is 0 Å². The van der Waals surface area contributed by atoms with Crippen LogP contribution in [0.5, 0.6) is 0 Å². The van der Waals surface area contributed by atoms with Crippen molar-refractivity contribution in [2.24, 2.45) is 0 Å². The number of thioether (sulfide) groups is 2. The maximum Gasteiger partial charge on any atom is 0.330 e. The Morgan fingerprint density at radius 1 is 1.58 bits per heavy atom. The van der Waals surface area contributed by atoms with Gasteiger partial charge in [-0.15, -0.1) is 30.7 Å². The van der Waals surface area contributed by atoms with Gasteiger partial charge in [0.25, 0.3) is 0 Å². The Hall–Kier alpha value is -0.370. The van der Waals surface area contributed by atoms with E-state index in [1.54, 1.807) is 28.4 Å². The molecule has 0 spiro atoms. The van der Waals surface area contributed by atoms with Crippen LogP contribution >= 0.6 is 35.9 Å². The average molecular weight is 395 g/mol. The Balaban J connectivity index is 0.00000288. The number of esters is 1. The van der Waals surface area contributed by atoms with Crippen LogP contribution in [0.3, 0.4) is 0 Å². The highest BCUT2D eigenvalue weighted by Gasteiger charge is 2.60. The van der Waals surface area contributed by atoms with Crippen molar-refractivity contribution < 1.29 is 14.3 Å². The number of hydrogen-bond donors (Lipinski definition) is 0. The summed E-state index contributed by atoms with van der Waals surface area (Å²) in [5.74, 6) is 1.67. The van der Waals surface area contributed by atoms with Gasteiger partial charge in [-0.2, -0.15) is 11.8 Å². The van der Waals surface area contributed by atoms with Gasteiger partial charge < -0.3 is 14.5 Å². The number of fused-ring (bicyclic) bond motifs is 1. The Kier molecular flexibility index (Phi) is 8.45. The van der Waals surface area contributed by atoms with Crippen LogP contribution < -0.4 is 0 Å². The highest BCUT2D eigenvalue weighted by atomic mass is 35.5. The first-order valence-electron chi connectivity index (χ1n) is 7.88. The molecule has 0 aliphatic carbocycles. The summed E-state index contributed by atoms with van der Waals surface area (Å²) in [6.45, 7) is 6.87. The van der Waals surface area contributed by atoms with E-state index in [-0.39, 0.29) is 34.4 Å². The van der Waals surface area contributed by atoms with Crippen molar-refractivity contribution in [1.82, 2.24) is 9.80 Å². The van der Waals surface area contributed by atoms with Crippen molar-refractivity contribution in [2.75, 3.05) is 38.8 Å². The monoisotopic (exact) mass is 394 g/mol. The number of amides is 1. The smallest absolute Gasteiger partial charge is 0.330 e. The number of ether oxygens (including phenoxy) is 1. The van der Waals surface area contributed by atoms with Gasteiger partial charge in [0.15, 0.2) is 0 Å². The molecule has 5 nitrogen and oxygen atoms in total. The second-order valence-corrected chi connectivity index (χ2v) is 9.24. The first-order valence-corrected chi connectivity index (χ1v) is 9.91. The molecule has 1 unspecified atom stereocenters.